The number of nitrogens with zero attached hydrogens (tertiary/aromatic N) is 2. The standard InChI is InChI=1S/C23H28N2S/c1-3-5-6-7-18-8-13-20(14-9-18)21-15-10-19(11-16-21)12-17-23-25-24-22(4-2)26-23/h8-11,13-16H,3-7,12,17H2,1-2H3. The summed E-state index contributed by atoms with van der Waals surface area (Å²) in [5, 5.41) is 10.7. The maximum atomic E-state index is 4.27. The highest BCUT2D eigenvalue weighted by Gasteiger charge is 2.04. The summed E-state index contributed by atoms with van der Waals surface area (Å²) in [5.41, 5.74) is 5.39. The molecule has 3 aromatic rings. The molecule has 0 amide bonds. The Morgan fingerprint density at radius 1 is 0.654 bits per heavy atom. The van der Waals surface area contributed by atoms with Crippen LogP contribution in [0.5, 0.6) is 0 Å². The predicted molar refractivity (Wildman–Crippen MR) is 112 cm³/mol. The Labute approximate surface area is 161 Å². The number of hydrogen-bond acceptors (Lipinski definition) is 3. The molecule has 2 aromatic carbocycles. The second kappa shape index (κ2) is 9.63. The minimum atomic E-state index is 0.976. The largest absolute Gasteiger partial charge is 0.144 e. The molecule has 0 saturated carbocycles. The molecule has 0 N–H and O–H groups in total. The fraction of sp³-hybridized carbons (Fsp3) is 0.391. The molecule has 0 unspecified atom stereocenters. The lowest BCUT2D eigenvalue weighted by Gasteiger charge is -2.06. The van der Waals surface area contributed by atoms with Crippen molar-refractivity contribution in [1.29, 1.82) is 0 Å². The Hall–Kier alpha value is -2.00. The van der Waals surface area contributed by atoms with Gasteiger partial charge in [-0.05, 0) is 47.9 Å². The van der Waals surface area contributed by atoms with E-state index < -0.39 is 0 Å². The molecule has 0 saturated heterocycles. The van der Waals surface area contributed by atoms with Crippen LogP contribution in [0.15, 0.2) is 48.5 Å². The second-order valence-electron chi connectivity index (χ2n) is 6.79. The highest BCUT2D eigenvalue weighted by atomic mass is 32.1. The maximum absolute atomic E-state index is 4.27. The SMILES string of the molecule is CCCCCc1ccc(-c2ccc(CCc3nnc(CC)s3)cc2)cc1. The predicted octanol–water partition coefficient (Wildman–Crippen LogP) is 6.29. The first-order valence-electron chi connectivity index (χ1n) is 9.78. The lowest BCUT2D eigenvalue weighted by molar-refractivity contribution is 0.717. The first-order valence-corrected chi connectivity index (χ1v) is 10.6. The minimum absolute atomic E-state index is 0.976. The number of rotatable bonds is 9. The molecular formula is C23H28N2S. The zero-order chi connectivity index (χ0) is 18.2. The van der Waals surface area contributed by atoms with Crippen LogP contribution >= 0.6 is 11.3 Å². The summed E-state index contributed by atoms with van der Waals surface area (Å²) in [6.45, 7) is 4.38. The van der Waals surface area contributed by atoms with Crippen molar-refractivity contribution >= 4 is 11.3 Å². The lowest BCUT2D eigenvalue weighted by atomic mass is 9.99. The van der Waals surface area contributed by atoms with E-state index in [1.165, 1.54) is 47.9 Å². The zero-order valence-electron chi connectivity index (χ0n) is 15.9. The van der Waals surface area contributed by atoms with Gasteiger partial charge in [0, 0.05) is 6.42 Å². The van der Waals surface area contributed by atoms with Gasteiger partial charge in [-0.15, -0.1) is 21.5 Å². The molecule has 3 heteroatoms. The van der Waals surface area contributed by atoms with Gasteiger partial charge in [0.15, 0.2) is 0 Å². The average molecular weight is 365 g/mol. The van der Waals surface area contributed by atoms with E-state index >= 15 is 0 Å². The fourth-order valence-corrected chi connectivity index (χ4v) is 3.87. The zero-order valence-corrected chi connectivity index (χ0v) is 16.7. The van der Waals surface area contributed by atoms with Gasteiger partial charge in [-0.3, -0.25) is 0 Å². The van der Waals surface area contributed by atoms with E-state index in [9.17, 15) is 0 Å². The molecule has 2 nitrogen and oxygen atoms in total. The van der Waals surface area contributed by atoms with Crippen LogP contribution in [0, 0.1) is 0 Å². The van der Waals surface area contributed by atoms with Gasteiger partial charge in [0.05, 0.1) is 0 Å². The summed E-state index contributed by atoms with van der Waals surface area (Å²) < 4.78 is 0. The van der Waals surface area contributed by atoms with E-state index in [4.69, 9.17) is 0 Å². The summed E-state index contributed by atoms with van der Waals surface area (Å²) in [6.07, 6.45) is 8.06. The van der Waals surface area contributed by atoms with Gasteiger partial charge in [-0.2, -0.15) is 0 Å². The van der Waals surface area contributed by atoms with Crippen LogP contribution in [0.25, 0.3) is 11.1 Å². The van der Waals surface area contributed by atoms with E-state index in [0.29, 0.717) is 0 Å². The summed E-state index contributed by atoms with van der Waals surface area (Å²) in [4.78, 5) is 0. The smallest absolute Gasteiger partial charge is 0.117 e. The minimum Gasteiger partial charge on any atom is -0.144 e. The molecule has 0 aliphatic rings. The van der Waals surface area contributed by atoms with Crippen molar-refractivity contribution in [2.24, 2.45) is 0 Å². The first-order chi connectivity index (χ1) is 12.8. The van der Waals surface area contributed by atoms with E-state index in [0.717, 1.165) is 29.3 Å². The van der Waals surface area contributed by atoms with Crippen LogP contribution in [-0.2, 0) is 25.7 Å². The third-order valence-corrected chi connectivity index (χ3v) is 5.88. The third kappa shape index (κ3) is 5.25. The molecule has 0 fully saturated rings. The van der Waals surface area contributed by atoms with Crippen molar-refractivity contribution in [3.05, 3.63) is 69.7 Å². The number of aromatic nitrogens is 2. The van der Waals surface area contributed by atoms with Crippen LogP contribution < -0.4 is 0 Å². The van der Waals surface area contributed by atoms with Gasteiger partial charge in [-0.25, -0.2) is 0 Å². The molecule has 1 aromatic heterocycles. The van der Waals surface area contributed by atoms with Crippen molar-refractivity contribution in [3.63, 3.8) is 0 Å². The molecule has 26 heavy (non-hydrogen) atoms. The average Bonchev–Trinajstić information content (AvgIpc) is 3.16. The number of aryl methyl sites for hydroxylation is 4. The van der Waals surface area contributed by atoms with Gasteiger partial charge in [0.2, 0.25) is 0 Å². The number of unbranched alkanes of at least 4 members (excludes halogenated alkanes) is 2. The molecule has 0 atom stereocenters. The van der Waals surface area contributed by atoms with Crippen LogP contribution in [0.3, 0.4) is 0 Å². The lowest BCUT2D eigenvalue weighted by Crippen LogP contribution is -1.91. The third-order valence-electron chi connectivity index (χ3n) is 4.75. The molecule has 136 valence electrons. The Bertz CT molecular complexity index is 788. The van der Waals surface area contributed by atoms with Crippen molar-refractivity contribution in [2.75, 3.05) is 0 Å². The van der Waals surface area contributed by atoms with Crippen molar-refractivity contribution < 1.29 is 0 Å². The van der Waals surface area contributed by atoms with Crippen LogP contribution in [0.4, 0.5) is 0 Å². The summed E-state index contributed by atoms with van der Waals surface area (Å²) >= 11 is 1.74. The fourth-order valence-electron chi connectivity index (χ4n) is 3.09. The van der Waals surface area contributed by atoms with E-state index in [2.05, 4.69) is 72.6 Å². The van der Waals surface area contributed by atoms with Crippen LogP contribution in [0.2, 0.25) is 0 Å². The van der Waals surface area contributed by atoms with Gasteiger partial charge >= 0.3 is 0 Å². The topological polar surface area (TPSA) is 25.8 Å². The molecular weight excluding hydrogens is 336 g/mol. The highest BCUT2D eigenvalue weighted by molar-refractivity contribution is 7.11. The Morgan fingerprint density at radius 2 is 1.23 bits per heavy atom. The highest BCUT2D eigenvalue weighted by Crippen LogP contribution is 2.22. The van der Waals surface area contributed by atoms with Crippen LogP contribution in [-0.4, -0.2) is 10.2 Å². The first kappa shape index (κ1) is 18.8. The van der Waals surface area contributed by atoms with E-state index in [1.54, 1.807) is 11.3 Å². The Balaban J connectivity index is 1.56. The summed E-state index contributed by atoms with van der Waals surface area (Å²) in [7, 11) is 0. The van der Waals surface area contributed by atoms with Gasteiger partial charge in [0.25, 0.3) is 0 Å². The maximum Gasteiger partial charge on any atom is 0.117 e. The molecule has 0 radical (unpaired) electrons. The quantitative estimate of drug-likeness (QED) is 0.417. The molecule has 3 rings (SSSR count). The van der Waals surface area contributed by atoms with Gasteiger partial charge in [0.1, 0.15) is 10.0 Å². The van der Waals surface area contributed by atoms with Crippen molar-refractivity contribution in [2.45, 2.75) is 58.8 Å². The summed E-state index contributed by atoms with van der Waals surface area (Å²) in [5.74, 6) is 0. The Morgan fingerprint density at radius 3 is 1.77 bits per heavy atom. The number of benzene rings is 2. The van der Waals surface area contributed by atoms with Crippen molar-refractivity contribution in [3.8, 4) is 11.1 Å². The normalized spacial score (nSPS) is 11.0. The summed E-state index contributed by atoms with van der Waals surface area (Å²) in [6, 6.07) is 18.0. The van der Waals surface area contributed by atoms with E-state index in [-0.39, 0.29) is 0 Å². The van der Waals surface area contributed by atoms with Crippen molar-refractivity contribution in [1.82, 2.24) is 10.2 Å². The molecule has 1 heterocycles. The van der Waals surface area contributed by atoms with E-state index in [1.807, 2.05) is 0 Å². The monoisotopic (exact) mass is 364 g/mol. The number of hydrogen-bond donors (Lipinski definition) is 0. The Kier molecular flexibility index (Phi) is 6.96. The molecule has 0 spiro atoms. The van der Waals surface area contributed by atoms with Gasteiger partial charge in [-0.1, -0.05) is 75.2 Å². The molecule has 0 aliphatic heterocycles. The second-order valence-corrected chi connectivity index (χ2v) is 7.94. The van der Waals surface area contributed by atoms with Gasteiger partial charge < -0.3 is 0 Å². The van der Waals surface area contributed by atoms with Crippen LogP contribution in [0.1, 0.15) is 54.3 Å². The molecule has 0 aliphatic carbocycles. The molecule has 0 bridgehead atoms.